The highest BCUT2D eigenvalue weighted by Crippen LogP contribution is 2.35. The van der Waals surface area contributed by atoms with Crippen LogP contribution in [-0.2, 0) is 13.1 Å². The number of nitrogens with zero attached hydrogens (tertiary/aromatic N) is 4. The van der Waals surface area contributed by atoms with E-state index in [1.54, 1.807) is 0 Å². The summed E-state index contributed by atoms with van der Waals surface area (Å²) in [5.41, 5.74) is 3.60. The number of hydrogen-bond acceptors (Lipinski definition) is 4. The highest BCUT2D eigenvalue weighted by atomic mass is 19.3. The van der Waals surface area contributed by atoms with Gasteiger partial charge < -0.3 is 5.11 Å². The van der Waals surface area contributed by atoms with Gasteiger partial charge in [0.1, 0.15) is 0 Å². The molecule has 7 heteroatoms. The van der Waals surface area contributed by atoms with Crippen molar-refractivity contribution in [1.82, 2.24) is 19.6 Å². The van der Waals surface area contributed by atoms with Gasteiger partial charge in [0.05, 0.1) is 18.8 Å². The van der Waals surface area contributed by atoms with Crippen LogP contribution < -0.4 is 0 Å². The Morgan fingerprint density at radius 3 is 2.48 bits per heavy atom. The average Bonchev–Trinajstić information content (AvgIpc) is 3.05. The monoisotopic (exact) mass is 356 g/mol. The molecule has 3 rings (SSSR count). The molecule has 2 fully saturated rings. The van der Waals surface area contributed by atoms with Gasteiger partial charge in [-0.1, -0.05) is 0 Å². The largest absolute Gasteiger partial charge is 0.395 e. The van der Waals surface area contributed by atoms with Gasteiger partial charge in [0.2, 0.25) is 0 Å². The molecule has 3 heterocycles. The number of aliphatic hydroxyl groups excluding tert-OH is 1. The predicted octanol–water partition coefficient (Wildman–Crippen LogP) is 2.19. The molecule has 2 aliphatic heterocycles. The van der Waals surface area contributed by atoms with Gasteiger partial charge >= 0.3 is 0 Å². The Morgan fingerprint density at radius 1 is 1.24 bits per heavy atom. The van der Waals surface area contributed by atoms with Crippen LogP contribution in [0.3, 0.4) is 0 Å². The van der Waals surface area contributed by atoms with Crippen molar-refractivity contribution in [3.63, 3.8) is 0 Å². The van der Waals surface area contributed by atoms with Crippen LogP contribution in [-0.4, -0.2) is 68.9 Å². The van der Waals surface area contributed by atoms with Crippen LogP contribution in [0.5, 0.6) is 0 Å². The van der Waals surface area contributed by atoms with Crippen molar-refractivity contribution in [2.75, 3.05) is 26.2 Å². The van der Waals surface area contributed by atoms with Crippen molar-refractivity contribution < 1.29 is 13.9 Å². The molecule has 1 N–H and O–H groups in total. The summed E-state index contributed by atoms with van der Waals surface area (Å²) >= 11 is 0. The van der Waals surface area contributed by atoms with Crippen LogP contribution in [0.4, 0.5) is 8.78 Å². The zero-order chi connectivity index (χ0) is 18.2. The topological polar surface area (TPSA) is 44.5 Å². The summed E-state index contributed by atoms with van der Waals surface area (Å²) in [5.74, 6) is -2.66. The number of hydrogen-bond donors (Lipinski definition) is 1. The Hall–Kier alpha value is -1.05. The lowest BCUT2D eigenvalue weighted by atomic mass is 10.0. The number of aromatic nitrogens is 2. The number of aliphatic hydroxyl groups is 1. The van der Waals surface area contributed by atoms with Crippen molar-refractivity contribution >= 4 is 0 Å². The molecule has 142 valence electrons. The summed E-state index contributed by atoms with van der Waals surface area (Å²) in [6, 6.07) is -0.235. The minimum atomic E-state index is -2.66. The van der Waals surface area contributed by atoms with Gasteiger partial charge in [-0.05, 0) is 46.7 Å². The van der Waals surface area contributed by atoms with Crippen LogP contribution in [0.1, 0.15) is 43.1 Å². The summed E-state index contributed by atoms with van der Waals surface area (Å²) in [5, 5.41) is 14.0. The Kier molecular flexibility index (Phi) is 5.46. The van der Waals surface area contributed by atoms with E-state index in [-0.39, 0.29) is 31.7 Å². The lowest BCUT2D eigenvalue weighted by Crippen LogP contribution is -2.47. The third-order valence-corrected chi connectivity index (χ3v) is 5.87. The number of aryl methyl sites for hydroxylation is 2. The van der Waals surface area contributed by atoms with Crippen LogP contribution in [0.25, 0.3) is 0 Å². The van der Waals surface area contributed by atoms with E-state index >= 15 is 0 Å². The van der Waals surface area contributed by atoms with E-state index in [0.717, 1.165) is 44.7 Å². The fourth-order valence-corrected chi connectivity index (χ4v) is 4.42. The molecule has 0 unspecified atom stereocenters. The highest BCUT2D eigenvalue weighted by Gasteiger charge is 2.47. The maximum atomic E-state index is 13.7. The lowest BCUT2D eigenvalue weighted by Gasteiger charge is -2.38. The van der Waals surface area contributed by atoms with Crippen molar-refractivity contribution in [2.24, 2.45) is 0 Å². The van der Waals surface area contributed by atoms with E-state index in [1.807, 2.05) is 9.58 Å². The molecule has 5 nitrogen and oxygen atoms in total. The van der Waals surface area contributed by atoms with Crippen LogP contribution in [0.15, 0.2) is 0 Å². The molecule has 25 heavy (non-hydrogen) atoms. The van der Waals surface area contributed by atoms with Gasteiger partial charge in [0, 0.05) is 42.9 Å². The molecule has 0 aromatic carbocycles. The summed E-state index contributed by atoms with van der Waals surface area (Å²) in [6.07, 6.45) is 1.55. The van der Waals surface area contributed by atoms with Crippen LogP contribution in [0, 0.1) is 13.8 Å². The van der Waals surface area contributed by atoms with Crippen molar-refractivity contribution in [2.45, 2.75) is 71.1 Å². The molecule has 0 aliphatic carbocycles. The van der Waals surface area contributed by atoms with E-state index < -0.39 is 5.92 Å². The molecule has 0 bridgehead atoms. The molecule has 0 amide bonds. The molecule has 1 aromatic rings. The maximum absolute atomic E-state index is 13.7. The third-order valence-electron chi connectivity index (χ3n) is 5.87. The standard InChI is InChI=1S/C18H30F2N4O/c1-4-24-14(3)17(13(2)21-24)10-22-7-5-15(6-8-22)23-12-18(19,20)9-16(23)11-25/h15-16,25H,4-12H2,1-3H3/t16-/m0/s1. The first-order valence-electron chi connectivity index (χ1n) is 9.34. The molecule has 0 spiro atoms. The number of rotatable bonds is 5. The van der Waals surface area contributed by atoms with E-state index in [4.69, 9.17) is 0 Å². The smallest absolute Gasteiger partial charge is 0.262 e. The second-order valence-electron chi connectivity index (χ2n) is 7.54. The highest BCUT2D eigenvalue weighted by molar-refractivity contribution is 5.24. The van der Waals surface area contributed by atoms with Crippen molar-refractivity contribution in [3.8, 4) is 0 Å². The third kappa shape index (κ3) is 3.88. The quantitative estimate of drug-likeness (QED) is 0.878. The van der Waals surface area contributed by atoms with E-state index in [1.165, 1.54) is 11.3 Å². The zero-order valence-corrected chi connectivity index (χ0v) is 15.5. The number of likely N-dealkylation sites (tertiary alicyclic amines) is 2. The second kappa shape index (κ2) is 7.29. The zero-order valence-electron chi connectivity index (χ0n) is 15.5. The first kappa shape index (κ1) is 18.7. The Bertz CT molecular complexity index is 596. The molecular formula is C18H30F2N4O. The minimum absolute atomic E-state index is 0.155. The summed E-state index contributed by atoms with van der Waals surface area (Å²) in [4.78, 5) is 4.25. The van der Waals surface area contributed by atoms with Gasteiger partial charge in [-0.15, -0.1) is 0 Å². The van der Waals surface area contributed by atoms with Crippen molar-refractivity contribution in [3.05, 3.63) is 17.0 Å². The second-order valence-corrected chi connectivity index (χ2v) is 7.54. The van der Waals surface area contributed by atoms with E-state index in [9.17, 15) is 13.9 Å². The molecule has 2 aliphatic rings. The molecular weight excluding hydrogens is 326 g/mol. The van der Waals surface area contributed by atoms with Gasteiger partial charge in [-0.3, -0.25) is 14.5 Å². The van der Waals surface area contributed by atoms with Crippen LogP contribution in [0.2, 0.25) is 0 Å². The molecule has 1 aromatic heterocycles. The van der Waals surface area contributed by atoms with Gasteiger partial charge in [-0.25, -0.2) is 8.78 Å². The SMILES string of the molecule is CCn1nc(C)c(CN2CCC(N3CC(F)(F)C[C@H]3CO)CC2)c1C. The Morgan fingerprint density at radius 2 is 1.92 bits per heavy atom. The fraction of sp³-hybridized carbons (Fsp3) is 0.833. The molecule has 2 saturated heterocycles. The molecule has 1 atom stereocenters. The van der Waals surface area contributed by atoms with Crippen molar-refractivity contribution in [1.29, 1.82) is 0 Å². The number of alkyl halides is 2. The maximum Gasteiger partial charge on any atom is 0.262 e. The molecule has 0 radical (unpaired) electrons. The van der Waals surface area contributed by atoms with E-state index in [2.05, 4.69) is 30.8 Å². The van der Waals surface area contributed by atoms with E-state index in [0.29, 0.717) is 0 Å². The fourth-order valence-electron chi connectivity index (χ4n) is 4.42. The summed E-state index contributed by atoms with van der Waals surface area (Å²) in [6.45, 7) is 9.45. The van der Waals surface area contributed by atoms with Crippen LogP contribution >= 0.6 is 0 Å². The first-order chi connectivity index (χ1) is 11.8. The van der Waals surface area contributed by atoms with Gasteiger partial charge in [-0.2, -0.15) is 5.10 Å². The Labute approximate surface area is 148 Å². The Balaban J connectivity index is 1.58. The minimum Gasteiger partial charge on any atom is -0.395 e. The lowest BCUT2D eigenvalue weighted by molar-refractivity contribution is 0.00265. The normalized spacial score (nSPS) is 25.8. The summed E-state index contributed by atoms with van der Waals surface area (Å²) in [7, 11) is 0. The van der Waals surface area contributed by atoms with Gasteiger partial charge in [0.15, 0.2) is 0 Å². The first-order valence-corrected chi connectivity index (χ1v) is 9.34. The molecule has 0 saturated carbocycles. The summed E-state index contributed by atoms with van der Waals surface area (Å²) < 4.78 is 29.4. The predicted molar refractivity (Wildman–Crippen MR) is 92.8 cm³/mol. The number of piperidine rings is 1. The average molecular weight is 356 g/mol. The number of halogens is 2. The van der Waals surface area contributed by atoms with Gasteiger partial charge in [0.25, 0.3) is 5.92 Å².